The summed E-state index contributed by atoms with van der Waals surface area (Å²) in [6, 6.07) is 0.0207. The fourth-order valence-corrected chi connectivity index (χ4v) is 3.89. The Morgan fingerprint density at radius 1 is 1.19 bits per heavy atom. The SMILES string of the molecule is Cc1cnn(C)c1NC(=O)N1CCC2(CCCCC2)CC1. The average molecular weight is 290 g/mol. The smallest absolute Gasteiger partial charge is 0.323 e. The van der Waals surface area contributed by atoms with Gasteiger partial charge in [-0.3, -0.25) is 10.00 Å². The third kappa shape index (κ3) is 2.92. The number of rotatable bonds is 1. The van der Waals surface area contributed by atoms with Crippen molar-refractivity contribution in [1.29, 1.82) is 0 Å². The molecule has 1 aliphatic carbocycles. The van der Waals surface area contributed by atoms with Crippen LogP contribution in [0.2, 0.25) is 0 Å². The van der Waals surface area contributed by atoms with Crippen molar-refractivity contribution in [2.75, 3.05) is 18.4 Å². The van der Waals surface area contributed by atoms with Crippen molar-refractivity contribution in [3.05, 3.63) is 11.8 Å². The topological polar surface area (TPSA) is 50.2 Å². The minimum absolute atomic E-state index is 0.0207. The van der Waals surface area contributed by atoms with Crippen molar-refractivity contribution < 1.29 is 4.79 Å². The minimum atomic E-state index is 0.0207. The number of nitrogens with zero attached hydrogens (tertiary/aromatic N) is 3. The van der Waals surface area contributed by atoms with Gasteiger partial charge in [0.1, 0.15) is 5.82 Å². The largest absolute Gasteiger partial charge is 0.324 e. The highest BCUT2D eigenvalue weighted by atomic mass is 16.2. The molecule has 1 aromatic rings. The fourth-order valence-electron chi connectivity index (χ4n) is 3.89. The number of amides is 2. The molecule has 1 spiro atoms. The normalized spacial score (nSPS) is 21.5. The van der Waals surface area contributed by atoms with Crippen LogP contribution in [0, 0.1) is 12.3 Å². The Balaban J connectivity index is 1.58. The highest BCUT2D eigenvalue weighted by Crippen LogP contribution is 2.44. The van der Waals surface area contributed by atoms with Crippen molar-refractivity contribution in [3.8, 4) is 0 Å². The van der Waals surface area contributed by atoms with E-state index in [1.807, 2.05) is 18.9 Å². The molecule has 5 heteroatoms. The summed E-state index contributed by atoms with van der Waals surface area (Å²) in [7, 11) is 1.86. The van der Waals surface area contributed by atoms with Gasteiger partial charge in [0.25, 0.3) is 0 Å². The van der Waals surface area contributed by atoms with E-state index in [0.29, 0.717) is 5.41 Å². The summed E-state index contributed by atoms with van der Waals surface area (Å²) in [4.78, 5) is 14.4. The maximum Gasteiger partial charge on any atom is 0.323 e. The maximum atomic E-state index is 12.4. The van der Waals surface area contributed by atoms with Crippen molar-refractivity contribution in [3.63, 3.8) is 0 Å². The second kappa shape index (κ2) is 5.70. The second-order valence-corrected chi connectivity index (χ2v) is 6.78. The Morgan fingerprint density at radius 2 is 1.86 bits per heavy atom. The van der Waals surface area contributed by atoms with Crippen molar-refractivity contribution in [1.82, 2.24) is 14.7 Å². The molecule has 1 aromatic heterocycles. The number of aryl methyl sites for hydroxylation is 2. The van der Waals surface area contributed by atoms with Gasteiger partial charge in [-0.05, 0) is 38.0 Å². The Morgan fingerprint density at radius 3 is 2.43 bits per heavy atom. The maximum absolute atomic E-state index is 12.4. The zero-order chi connectivity index (χ0) is 14.9. The number of anilines is 1. The number of nitrogens with one attached hydrogen (secondary N) is 1. The Bertz CT molecular complexity index is 487. The summed E-state index contributed by atoms with van der Waals surface area (Å²) in [6.45, 7) is 3.75. The molecular formula is C16H26N4O. The van der Waals surface area contributed by atoms with Gasteiger partial charge in [0.05, 0.1) is 6.20 Å². The molecule has 2 fully saturated rings. The molecule has 1 N–H and O–H groups in total. The van der Waals surface area contributed by atoms with E-state index in [9.17, 15) is 4.79 Å². The summed E-state index contributed by atoms with van der Waals surface area (Å²) < 4.78 is 1.72. The first-order valence-electron chi connectivity index (χ1n) is 8.14. The van der Waals surface area contributed by atoms with Crippen LogP contribution in [0.4, 0.5) is 10.6 Å². The molecule has 1 aliphatic heterocycles. The predicted molar refractivity (Wildman–Crippen MR) is 83.3 cm³/mol. The summed E-state index contributed by atoms with van der Waals surface area (Å²) in [6.07, 6.45) is 11.0. The lowest BCUT2D eigenvalue weighted by molar-refractivity contribution is 0.0849. The quantitative estimate of drug-likeness (QED) is 0.862. The third-order valence-electron chi connectivity index (χ3n) is 5.37. The van der Waals surface area contributed by atoms with E-state index >= 15 is 0 Å². The van der Waals surface area contributed by atoms with Gasteiger partial charge in [0.15, 0.2) is 0 Å². The minimum Gasteiger partial charge on any atom is -0.324 e. The standard InChI is InChI=1S/C16H26N4O/c1-13-12-17-19(2)14(13)18-15(21)20-10-8-16(9-11-20)6-4-3-5-7-16/h12H,3-11H2,1-2H3,(H,18,21). The molecule has 0 aromatic carbocycles. The third-order valence-corrected chi connectivity index (χ3v) is 5.37. The van der Waals surface area contributed by atoms with Crippen LogP contribution in [0.15, 0.2) is 6.20 Å². The molecule has 2 amide bonds. The lowest BCUT2D eigenvalue weighted by Gasteiger charge is -2.44. The van der Waals surface area contributed by atoms with Gasteiger partial charge >= 0.3 is 6.03 Å². The molecule has 0 unspecified atom stereocenters. The molecule has 2 aliphatic rings. The van der Waals surface area contributed by atoms with Gasteiger partial charge in [-0.25, -0.2) is 4.79 Å². The highest BCUT2D eigenvalue weighted by molar-refractivity contribution is 5.89. The Labute approximate surface area is 126 Å². The Hall–Kier alpha value is -1.52. The van der Waals surface area contributed by atoms with E-state index in [1.165, 1.54) is 44.9 Å². The van der Waals surface area contributed by atoms with Crippen molar-refractivity contribution in [2.45, 2.75) is 51.9 Å². The molecule has 1 saturated heterocycles. The van der Waals surface area contributed by atoms with E-state index in [1.54, 1.807) is 10.9 Å². The first-order valence-corrected chi connectivity index (χ1v) is 8.14. The molecule has 2 heterocycles. The van der Waals surface area contributed by atoms with Crippen LogP contribution < -0.4 is 5.32 Å². The number of carbonyl (C=O) groups excluding carboxylic acids is 1. The number of piperidine rings is 1. The summed E-state index contributed by atoms with van der Waals surface area (Å²) in [5.74, 6) is 0.804. The van der Waals surface area contributed by atoms with E-state index in [0.717, 1.165) is 24.5 Å². The van der Waals surface area contributed by atoms with Gasteiger partial charge in [-0.1, -0.05) is 19.3 Å². The van der Waals surface area contributed by atoms with Gasteiger partial charge in [0.2, 0.25) is 0 Å². The summed E-state index contributed by atoms with van der Waals surface area (Å²) in [5, 5.41) is 7.17. The molecular weight excluding hydrogens is 264 g/mol. The summed E-state index contributed by atoms with van der Waals surface area (Å²) >= 11 is 0. The van der Waals surface area contributed by atoms with Crippen LogP contribution in [0.25, 0.3) is 0 Å². The van der Waals surface area contributed by atoms with Crippen LogP contribution in [0.5, 0.6) is 0 Å². The first kappa shape index (κ1) is 14.4. The molecule has 116 valence electrons. The first-order chi connectivity index (χ1) is 10.1. The van der Waals surface area contributed by atoms with Gasteiger partial charge in [0, 0.05) is 25.7 Å². The number of likely N-dealkylation sites (tertiary alicyclic amines) is 1. The molecule has 5 nitrogen and oxygen atoms in total. The van der Waals surface area contributed by atoms with Crippen molar-refractivity contribution >= 4 is 11.8 Å². The number of aromatic nitrogens is 2. The zero-order valence-electron chi connectivity index (χ0n) is 13.2. The molecule has 0 radical (unpaired) electrons. The van der Waals surface area contributed by atoms with Crippen LogP contribution in [0.3, 0.4) is 0 Å². The van der Waals surface area contributed by atoms with Crippen LogP contribution in [0.1, 0.15) is 50.5 Å². The number of hydrogen-bond donors (Lipinski definition) is 1. The van der Waals surface area contributed by atoms with E-state index in [2.05, 4.69) is 10.4 Å². The van der Waals surface area contributed by atoms with Gasteiger partial charge in [-0.2, -0.15) is 5.10 Å². The predicted octanol–water partition coefficient (Wildman–Crippen LogP) is 3.31. The molecule has 21 heavy (non-hydrogen) atoms. The molecule has 1 saturated carbocycles. The van der Waals surface area contributed by atoms with E-state index < -0.39 is 0 Å². The number of urea groups is 1. The van der Waals surface area contributed by atoms with Crippen LogP contribution in [-0.2, 0) is 7.05 Å². The number of hydrogen-bond acceptors (Lipinski definition) is 2. The lowest BCUT2D eigenvalue weighted by atomic mass is 9.68. The van der Waals surface area contributed by atoms with Crippen molar-refractivity contribution in [2.24, 2.45) is 12.5 Å². The van der Waals surface area contributed by atoms with Crippen LogP contribution >= 0.6 is 0 Å². The highest BCUT2D eigenvalue weighted by Gasteiger charge is 2.36. The second-order valence-electron chi connectivity index (χ2n) is 6.78. The van der Waals surface area contributed by atoms with Gasteiger partial charge < -0.3 is 4.90 Å². The van der Waals surface area contributed by atoms with E-state index in [4.69, 9.17) is 0 Å². The monoisotopic (exact) mass is 290 g/mol. The molecule has 0 bridgehead atoms. The Kier molecular flexibility index (Phi) is 3.91. The van der Waals surface area contributed by atoms with E-state index in [-0.39, 0.29) is 6.03 Å². The molecule has 3 rings (SSSR count). The van der Waals surface area contributed by atoms with Gasteiger partial charge in [-0.15, -0.1) is 0 Å². The number of carbonyl (C=O) groups is 1. The van der Waals surface area contributed by atoms with Crippen LogP contribution in [-0.4, -0.2) is 33.8 Å². The summed E-state index contributed by atoms with van der Waals surface area (Å²) in [5.41, 5.74) is 1.55. The lowest BCUT2D eigenvalue weighted by Crippen LogP contribution is -2.45. The average Bonchev–Trinajstić information content (AvgIpc) is 2.81. The molecule has 0 atom stereocenters. The fraction of sp³-hybridized carbons (Fsp3) is 0.750. The zero-order valence-corrected chi connectivity index (χ0v) is 13.2.